The zero-order valence-electron chi connectivity index (χ0n) is 18.9. The van der Waals surface area contributed by atoms with Gasteiger partial charge >= 0.3 is 5.97 Å². The fraction of sp³-hybridized carbons (Fsp3) is 0.292. The average Bonchev–Trinajstić information content (AvgIpc) is 2.81. The number of nitrogens with zero attached hydrogens (tertiary/aromatic N) is 1. The Hall–Kier alpha value is -4.01. The number of hydrogen-bond acceptors (Lipinski definition) is 7. The molecule has 0 aliphatic carbocycles. The molecule has 1 atom stereocenters. The maximum atomic E-state index is 13.0. The molecule has 3 aromatic rings. The van der Waals surface area contributed by atoms with Crippen LogP contribution in [-0.4, -0.2) is 43.4 Å². The molecule has 0 saturated heterocycles. The molecule has 0 unspecified atom stereocenters. The standard InChI is InChI=1S/C24H26N2O7/c1-5-32-24(29)15(2)33-20-8-6-7-18-17(20)11-12-26(23(18)28)14-22(27)25-19-13-16(30-3)9-10-21(19)31-4/h6-13,15H,5,14H2,1-4H3,(H,25,27)/t15-/m0/s1. The van der Waals surface area contributed by atoms with Gasteiger partial charge in [0.25, 0.3) is 5.56 Å². The highest BCUT2D eigenvalue weighted by Gasteiger charge is 2.18. The van der Waals surface area contributed by atoms with Crippen molar-refractivity contribution in [3.05, 3.63) is 59.0 Å². The maximum absolute atomic E-state index is 13.0. The van der Waals surface area contributed by atoms with Crippen LogP contribution in [0.2, 0.25) is 0 Å². The van der Waals surface area contributed by atoms with E-state index in [1.807, 2.05) is 0 Å². The molecule has 0 bridgehead atoms. The van der Waals surface area contributed by atoms with Gasteiger partial charge in [-0.05, 0) is 44.2 Å². The minimum Gasteiger partial charge on any atom is -0.497 e. The summed E-state index contributed by atoms with van der Waals surface area (Å²) < 4.78 is 22.4. The minimum absolute atomic E-state index is 0.209. The van der Waals surface area contributed by atoms with Crippen LogP contribution in [0.3, 0.4) is 0 Å². The number of carbonyl (C=O) groups is 2. The lowest BCUT2D eigenvalue weighted by molar-refractivity contribution is -0.150. The zero-order chi connectivity index (χ0) is 24.0. The first-order chi connectivity index (χ1) is 15.9. The number of pyridine rings is 1. The van der Waals surface area contributed by atoms with Gasteiger partial charge < -0.3 is 28.8 Å². The Bertz CT molecular complexity index is 1220. The fourth-order valence-electron chi connectivity index (χ4n) is 3.27. The molecule has 9 heteroatoms. The third-order valence-corrected chi connectivity index (χ3v) is 4.90. The van der Waals surface area contributed by atoms with Gasteiger partial charge in [-0.25, -0.2) is 4.79 Å². The van der Waals surface area contributed by atoms with Crippen molar-refractivity contribution >= 4 is 28.3 Å². The molecule has 0 saturated carbocycles. The summed E-state index contributed by atoms with van der Waals surface area (Å²) in [5.74, 6) is 0.493. The molecule has 0 fully saturated rings. The molecule has 1 heterocycles. The van der Waals surface area contributed by atoms with Gasteiger partial charge in [0.05, 0.1) is 31.9 Å². The Morgan fingerprint density at radius 2 is 1.82 bits per heavy atom. The molecule has 0 aliphatic rings. The van der Waals surface area contributed by atoms with Gasteiger partial charge in [-0.3, -0.25) is 9.59 Å². The first-order valence-corrected chi connectivity index (χ1v) is 10.3. The van der Waals surface area contributed by atoms with Gasteiger partial charge in [0.2, 0.25) is 5.91 Å². The summed E-state index contributed by atoms with van der Waals surface area (Å²) in [5.41, 5.74) is 0.0637. The molecular weight excluding hydrogens is 428 g/mol. The van der Waals surface area contributed by atoms with Crippen molar-refractivity contribution in [2.24, 2.45) is 0 Å². The third kappa shape index (κ3) is 5.43. The van der Waals surface area contributed by atoms with Crippen LogP contribution in [0.25, 0.3) is 10.8 Å². The van der Waals surface area contributed by atoms with Crippen molar-refractivity contribution in [3.63, 3.8) is 0 Å². The number of hydrogen-bond donors (Lipinski definition) is 1. The summed E-state index contributed by atoms with van der Waals surface area (Å²) in [6, 6.07) is 11.7. The molecule has 174 valence electrons. The Labute approximate surface area is 190 Å². The number of fused-ring (bicyclic) bond motifs is 1. The largest absolute Gasteiger partial charge is 0.497 e. The van der Waals surface area contributed by atoms with Crippen LogP contribution in [0.4, 0.5) is 5.69 Å². The van der Waals surface area contributed by atoms with Crippen LogP contribution in [0.5, 0.6) is 17.2 Å². The fourth-order valence-corrected chi connectivity index (χ4v) is 3.27. The molecule has 2 aromatic carbocycles. The van der Waals surface area contributed by atoms with Crippen LogP contribution < -0.4 is 25.1 Å². The van der Waals surface area contributed by atoms with Gasteiger partial charge in [-0.15, -0.1) is 0 Å². The van der Waals surface area contributed by atoms with Crippen LogP contribution in [-0.2, 0) is 20.9 Å². The number of rotatable bonds is 9. The van der Waals surface area contributed by atoms with E-state index in [0.29, 0.717) is 33.7 Å². The number of aromatic nitrogens is 1. The Balaban J connectivity index is 1.83. The van der Waals surface area contributed by atoms with E-state index >= 15 is 0 Å². The quantitative estimate of drug-likeness (QED) is 0.496. The average molecular weight is 454 g/mol. The molecule has 33 heavy (non-hydrogen) atoms. The van der Waals surface area contributed by atoms with E-state index < -0.39 is 18.0 Å². The van der Waals surface area contributed by atoms with Crippen molar-refractivity contribution < 1.29 is 28.5 Å². The smallest absolute Gasteiger partial charge is 0.347 e. The molecule has 0 radical (unpaired) electrons. The number of methoxy groups -OCH3 is 2. The number of nitrogens with one attached hydrogen (secondary N) is 1. The summed E-state index contributed by atoms with van der Waals surface area (Å²) in [4.78, 5) is 37.5. The summed E-state index contributed by atoms with van der Waals surface area (Å²) in [7, 11) is 3.02. The van der Waals surface area contributed by atoms with Gasteiger partial charge in [-0.2, -0.15) is 0 Å². The number of amides is 1. The van der Waals surface area contributed by atoms with Crippen LogP contribution in [0.15, 0.2) is 53.5 Å². The first kappa shape index (κ1) is 23.6. The summed E-state index contributed by atoms with van der Waals surface area (Å²) in [5, 5.41) is 3.63. The lowest BCUT2D eigenvalue weighted by Gasteiger charge is -2.16. The van der Waals surface area contributed by atoms with Crippen molar-refractivity contribution in [1.82, 2.24) is 4.57 Å². The highest BCUT2D eigenvalue weighted by atomic mass is 16.6. The summed E-state index contributed by atoms with van der Waals surface area (Å²) in [6.45, 7) is 3.33. The molecule has 1 aromatic heterocycles. The van der Waals surface area contributed by atoms with E-state index in [1.54, 1.807) is 56.3 Å². The Morgan fingerprint density at radius 1 is 1.03 bits per heavy atom. The van der Waals surface area contributed by atoms with E-state index in [2.05, 4.69) is 5.32 Å². The van der Waals surface area contributed by atoms with Gasteiger partial charge in [0.15, 0.2) is 6.10 Å². The monoisotopic (exact) mass is 454 g/mol. The van der Waals surface area contributed by atoms with Crippen LogP contribution in [0.1, 0.15) is 13.8 Å². The third-order valence-electron chi connectivity index (χ3n) is 4.90. The van der Waals surface area contributed by atoms with Crippen molar-refractivity contribution in [2.45, 2.75) is 26.5 Å². The summed E-state index contributed by atoms with van der Waals surface area (Å²) >= 11 is 0. The van der Waals surface area contributed by atoms with Gasteiger partial charge in [0, 0.05) is 17.6 Å². The molecule has 3 rings (SSSR count). The van der Waals surface area contributed by atoms with E-state index in [4.69, 9.17) is 18.9 Å². The zero-order valence-corrected chi connectivity index (χ0v) is 18.9. The normalized spacial score (nSPS) is 11.5. The Kier molecular flexibility index (Phi) is 7.55. The van der Waals surface area contributed by atoms with Crippen molar-refractivity contribution in [2.75, 3.05) is 26.1 Å². The minimum atomic E-state index is -0.832. The second-order valence-electron chi connectivity index (χ2n) is 7.09. The van der Waals surface area contributed by atoms with E-state index in [9.17, 15) is 14.4 Å². The van der Waals surface area contributed by atoms with Gasteiger partial charge in [0.1, 0.15) is 23.8 Å². The lowest BCUT2D eigenvalue weighted by Crippen LogP contribution is -2.28. The van der Waals surface area contributed by atoms with Crippen LogP contribution >= 0.6 is 0 Å². The molecule has 0 spiro atoms. The molecular formula is C24H26N2O7. The van der Waals surface area contributed by atoms with Crippen LogP contribution in [0, 0.1) is 0 Å². The lowest BCUT2D eigenvalue weighted by atomic mass is 10.1. The number of anilines is 1. The predicted molar refractivity (Wildman–Crippen MR) is 123 cm³/mol. The molecule has 9 nitrogen and oxygen atoms in total. The summed E-state index contributed by atoms with van der Waals surface area (Å²) in [6.07, 6.45) is 0.677. The SMILES string of the molecule is CCOC(=O)[C@H](C)Oc1cccc2c(=O)n(CC(=O)Nc3cc(OC)ccc3OC)ccc12. The topological polar surface area (TPSA) is 105 Å². The van der Waals surface area contributed by atoms with E-state index in [1.165, 1.54) is 25.0 Å². The highest BCUT2D eigenvalue weighted by molar-refractivity contribution is 5.93. The predicted octanol–water partition coefficient (Wildman–Crippen LogP) is 2.99. The van der Waals surface area contributed by atoms with Crippen molar-refractivity contribution in [3.8, 4) is 17.2 Å². The number of ether oxygens (including phenoxy) is 4. The van der Waals surface area contributed by atoms with Gasteiger partial charge in [-0.1, -0.05) is 6.07 Å². The second-order valence-corrected chi connectivity index (χ2v) is 7.09. The second kappa shape index (κ2) is 10.5. The first-order valence-electron chi connectivity index (χ1n) is 10.3. The molecule has 1 N–H and O–H groups in total. The number of esters is 1. The molecule has 1 amide bonds. The van der Waals surface area contributed by atoms with Crippen molar-refractivity contribution in [1.29, 1.82) is 0 Å². The Morgan fingerprint density at radius 3 is 2.52 bits per heavy atom. The maximum Gasteiger partial charge on any atom is 0.347 e. The number of carbonyl (C=O) groups excluding carboxylic acids is 2. The molecule has 0 aliphatic heterocycles. The highest BCUT2D eigenvalue weighted by Crippen LogP contribution is 2.29. The van der Waals surface area contributed by atoms with E-state index in [-0.39, 0.29) is 18.7 Å². The number of benzene rings is 2. The van der Waals surface area contributed by atoms with E-state index in [0.717, 1.165) is 0 Å².